The second-order valence-electron chi connectivity index (χ2n) is 20.5. The molecule has 88 heavy (non-hydrogen) atoms. The van der Waals surface area contributed by atoms with Gasteiger partial charge in [0.05, 0.1) is 32.7 Å². The molecule has 0 saturated heterocycles. The van der Waals surface area contributed by atoms with Crippen molar-refractivity contribution in [2.75, 3.05) is 19.8 Å². The highest BCUT2D eigenvalue weighted by atomic mass is 32.2. The van der Waals surface area contributed by atoms with Crippen LogP contribution in [-0.2, 0) is 34.1 Å². The minimum Gasteiger partial charge on any atom is -0.360 e. The summed E-state index contributed by atoms with van der Waals surface area (Å²) in [5.41, 5.74) is 9.94. The van der Waals surface area contributed by atoms with E-state index in [2.05, 4.69) is 136 Å². The number of hydrogen-bond acceptors (Lipinski definition) is 16. The van der Waals surface area contributed by atoms with Crippen LogP contribution in [0.4, 0.5) is 72.3 Å². The molecule has 10 aromatic rings. The topological polar surface area (TPSA) is 178 Å². The summed E-state index contributed by atoms with van der Waals surface area (Å²) in [5.74, 6) is 0.0394. The second kappa shape index (κ2) is 31.2. The average molecular weight is 1260 g/mol. The number of nitrogens with zero attached hydrogens (tertiary/aromatic N) is 9. The van der Waals surface area contributed by atoms with Gasteiger partial charge in [-0.1, -0.05) is 159 Å². The molecule has 448 valence electrons. The van der Waals surface area contributed by atoms with Crippen molar-refractivity contribution in [1.82, 2.24) is 9.97 Å². The van der Waals surface area contributed by atoms with E-state index in [-0.39, 0.29) is 22.3 Å². The maximum Gasteiger partial charge on any atom is 0.321 e. The van der Waals surface area contributed by atoms with E-state index in [0.29, 0.717) is 49.3 Å². The average Bonchev–Trinajstić information content (AvgIpc) is 2.21. The first kappa shape index (κ1) is 63.7. The Labute approximate surface area is 531 Å². The fourth-order valence-corrected chi connectivity index (χ4v) is 13.6. The molecule has 0 aliphatic rings. The summed E-state index contributed by atoms with van der Waals surface area (Å²) >= 11 is 5.79. The van der Waals surface area contributed by atoms with Crippen molar-refractivity contribution in [2.24, 2.45) is 20.5 Å². The molecule has 0 radical (unpaired) electrons. The fraction of sp³-hybridized carbons (Fsp3) is 0.221. The number of aryl methyl sites for hydroxylation is 4. The Bertz CT molecular complexity index is 4040. The minimum absolute atomic E-state index is 0.0950. The van der Waals surface area contributed by atoms with E-state index in [1.165, 1.54) is 40.7 Å². The van der Waals surface area contributed by atoms with Gasteiger partial charge in [0.1, 0.15) is 16.3 Å². The van der Waals surface area contributed by atoms with Gasteiger partial charge in [-0.2, -0.15) is 11.3 Å². The van der Waals surface area contributed by atoms with Crippen molar-refractivity contribution in [1.29, 1.82) is 0 Å². The van der Waals surface area contributed by atoms with Crippen LogP contribution in [0, 0.1) is 13.5 Å². The number of nitrogens with one attached hydrogen (secondary N) is 2. The molecule has 6 aromatic carbocycles. The number of azo groups is 2. The zero-order valence-electron chi connectivity index (χ0n) is 49.6. The number of unbranched alkanes of at least 4 members (excludes halogenated alkanes) is 4. The van der Waals surface area contributed by atoms with Gasteiger partial charge in [0.15, 0.2) is 0 Å². The maximum absolute atomic E-state index is 13.7. The van der Waals surface area contributed by atoms with Crippen molar-refractivity contribution in [3.8, 4) is 0 Å². The molecule has 0 saturated carbocycles. The molecule has 0 atom stereocenters. The lowest BCUT2D eigenvalue weighted by Crippen LogP contribution is -2.14. The summed E-state index contributed by atoms with van der Waals surface area (Å²) in [6.07, 6.45) is 10.5. The standard InChI is InChI=1S/C41H46N6O2S2.C27H21N5O2S3/c1-5-8-12-19-39-40(42-4)43-41(50-39)45-44-37-29-28-35(30-38(37)46-51(48,49)36-17-13-11-14-18-36)47(33-24-20-31(21-25-33)15-9-6-2)34-26-22-32(23-27-34)16-10-7-3;1-17-26(25(34)19-7-4-3-5-8-19)37-27(28-17)31-30-22-11-10-20(15-23(22)29-18(2)33)32(21-12-14-35-16-21)24-9-6-13-36-24/h11,13-14,17-18,20-30,46H,5-10,12,15-16,19H2,1-3H3;3-16H,1-2H3,(H,29,33). The van der Waals surface area contributed by atoms with Crippen LogP contribution in [0.5, 0.6) is 0 Å². The minimum atomic E-state index is -3.96. The number of carbonyl (C=O) groups is 2. The molecule has 2 N–H and O–H groups in total. The Balaban J connectivity index is 0.000000220. The van der Waals surface area contributed by atoms with Crippen LogP contribution in [0.2, 0.25) is 0 Å². The monoisotopic (exact) mass is 1260 g/mol. The number of rotatable bonds is 26. The number of carbonyl (C=O) groups excluding carboxylic acids is 2. The SMILES string of the molecule is CC(=O)Nc1cc(N(c2ccsc2)c2cccs2)ccc1N=Nc1nc(C)c(C(=O)c2ccccc2)s1.[C-]#[N+]c1nc(N=Nc2ccc(N(c3ccc(CCCC)cc3)c3ccc(CCCC)cc3)cc2NS(=O)(=O)c2ccccc2)sc1CCCCC. The summed E-state index contributed by atoms with van der Waals surface area (Å²) in [7, 11) is -3.96. The van der Waals surface area contributed by atoms with Gasteiger partial charge < -0.3 is 20.0 Å². The number of thiophene rings is 2. The van der Waals surface area contributed by atoms with Gasteiger partial charge >= 0.3 is 5.13 Å². The van der Waals surface area contributed by atoms with Crippen molar-refractivity contribution < 1.29 is 18.0 Å². The third-order valence-electron chi connectivity index (χ3n) is 13.9. The van der Waals surface area contributed by atoms with Gasteiger partial charge in [0.2, 0.25) is 16.8 Å². The third-order valence-corrected chi connectivity index (χ3v) is 18.8. The molecule has 4 aromatic heterocycles. The Morgan fingerprint density at radius 1 is 0.591 bits per heavy atom. The predicted octanol–water partition coefficient (Wildman–Crippen LogP) is 21.4. The molecule has 10 rings (SSSR count). The largest absolute Gasteiger partial charge is 0.360 e. The molecule has 0 unspecified atom stereocenters. The van der Waals surface area contributed by atoms with Crippen LogP contribution in [0.15, 0.2) is 205 Å². The zero-order valence-corrected chi connectivity index (χ0v) is 53.7. The van der Waals surface area contributed by atoms with E-state index >= 15 is 0 Å². The summed E-state index contributed by atoms with van der Waals surface area (Å²) < 4.78 is 30.1. The van der Waals surface area contributed by atoms with E-state index in [9.17, 15) is 18.0 Å². The first-order chi connectivity index (χ1) is 42.8. The molecular formula is C68H67N11O4S5. The molecule has 15 nitrogen and oxygen atoms in total. The zero-order chi connectivity index (χ0) is 61.8. The molecule has 0 aliphatic heterocycles. The van der Waals surface area contributed by atoms with E-state index in [4.69, 9.17) is 6.57 Å². The predicted molar refractivity (Wildman–Crippen MR) is 363 cm³/mol. The molecule has 20 heteroatoms. The number of sulfonamides is 1. The Kier molecular flexibility index (Phi) is 22.6. The number of aromatic nitrogens is 2. The summed E-state index contributed by atoms with van der Waals surface area (Å²) in [4.78, 5) is 43.1. The number of thiazole rings is 2. The number of hydrogen-bond donors (Lipinski definition) is 2. The molecule has 0 spiro atoms. The summed E-state index contributed by atoms with van der Waals surface area (Å²) in [5, 5.41) is 28.3. The fourth-order valence-electron chi connectivity index (χ4n) is 9.40. The van der Waals surface area contributed by atoms with Crippen molar-refractivity contribution >= 4 is 139 Å². The molecular weight excluding hydrogens is 1200 g/mol. The normalized spacial score (nSPS) is 11.3. The lowest BCUT2D eigenvalue weighted by atomic mass is 10.1. The van der Waals surface area contributed by atoms with Gasteiger partial charge in [-0.05, 0) is 158 Å². The van der Waals surface area contributed by atoms with Crippen LogP contribution in [0.3, 0.4) is 0 Å². The molecule has 1 amide bonds. The Hall–Kier alpha value is -8.84. The van der Waals surface area contributed by atoms with Crippen LogP contribution >= 0.6 is 45.3 Å². The van der Waals surface area contributed by atoms with E-state index in [0.717, 1.165) is 103 Å². The van der Waals surface area contributed by atoms with Crippen LogP contribution in [-0.4, -0.2) is 30.1 Å². The molecule has 0 bridgehead atoms. The highest BCUT2D eigenvalue weighted by Crippen LogP contribution is 2.44. The number of benzene rings is 6. The van der Waals surface area contributed by atoms with E-state index in [1.54, 1.807) is 84.2 Å². The van der Waals surface area contributed by atoms with Gasteiger partial charge in [0, 0.05) is 45.5 Å². The molecule has 0 aliphatic carbocycles. The molecule has 0 fully saturated rings. The third kappa shape index (κ3) is 16.8. The first-order valence-corrected chi connectivity index (χ1v) is 34.0. The van der Waals surface area contributed by atoms with Crippen LogP contribution < -0.4 is 19.8 Å². The summed E-state index contributed by atoms with van der Waals surface area (Å²) in [6.45, 7) is 17.4. The Morgan fingerprint density at radius 3 is 1.74 bits per heavy atom. The van der Waals surface area contributed by atoms with Gasteiger partial charge in [0.25, 0.3) is 15.8 Å². The number of anilines is 8. The first-order valence-electron chi connectivity index (χ1n) is 29.1. The lowest BCUT2D eigenvalue weighted by Gasteiger charge is -2.27. The second-order valence-corrected chi connectivity index (χ2v) is 25.9. The van der Waals surface area contributed by atoms with Crippen molar-refractivity contribution in [3.05, 3.63) is 223 Å². The highest BCUT2D eigenvalue weighted by Gasteiger charge is 2.23. The van der Waals surface area contributed by atoms with Crippen LogP contribution in [0.1, 0.15) is 110 Å². The lowest BCUT2D eigenvalue weighted by molar-refractivity contribution is -0.114. The van der Waals surface area contributed by atoms with E-state index < -0.39 is 10.0 Å². The smallest absolute Gasteiger partial charge is 0.321 e. The van der Waals surface area contributed by atoms with Crippen molar-refractivity contribution in [2.45, 2.75) is 104 Å². The number of amides is 1. The summed E-state index contributed by atoms with van der Waals surface area (Å²) in [6, 6.07) is 51.7. The van der Waals surface area contributed by atoms with Gasteiger partial charge in [-0.15, -0.1) is 26.7 Å². The van der Waals surface area contributed by atoms with Gasteiger partial charge in [-0.3, -0.25) is 14.3 Å². The highest BCUT2D eigenvalue weighted by molar-refractivity contribution is 7.92. The molecule has 4 heterocycles. The Morgan fingerprint density at radius 2 is 1.17 bits per heavy atom. The van der Waals surface area contributed by atoms with Crippen molar-refractivity contribution in [3.63, 3.8) is 0 Å². The maximum atomic E-state index is 13.7. The quantitative estimate of drug-likeness (QED) is 0.0233. The van der Waals surface area contributed by atoms with E-state index in [1.807, 2.05) is 65.4 Å². The number of ketones is 1. The van der Waals surface area contributed by atoms with Gasteiger partial charge in [-0.25, -0.2) is 13.4 Å². The van der Waals surface area contributed by atoms with Crippen LogP contribution in [0.25, 0.3) is 4.85 Å².